The predicted molar refractivity (Wildman–Crippen MR) is 80.7 cm³/mol. The molecule has 3 N–H and O–H groups in total. The molecule has 0 bridgehead atoms. The van der Waals surface area contributed by atoms with Crippen molar-refractivity contribution in [3.8, 4) is 0 Å². The van der Waals surface area contributed by atoms with Crippen molar-refractivity contribution < 1.29 is 4.39 Å². The quantitative estimate of drug-likeness (QED) is 0.892. The number of hydrogen-bond donors (Lipinski definition) is 2. The Kier molecular flexibility index (Phi) is 4.56. The highest BCUT2D eigenvalue weighted by Crippen LogP contribution is 2.27. The number of benzene rings is 2. The third-order valence-corrected chi connectivity index (χ3v) is 3.75. The first-order valence-electron chi connectivity index (χ1n) is 6.09. The number of aryl methyl sites for hydroxylation is 1. The highest BCUT2D eigenvalue weighted by molar-refractivity contribution is 9.10. The Morgan fingerprint density at radius 1 is 1.26 bits per heavy atom. The van der Waals surface area contributed by atoms with Gasteiger partial charge in [-0.1, -0.05) is 18.2 Å². The number of nitrogens with one attached hydrogen (secondary N) is 1. The third-order valence-electron chi connectivity index (χ3n) is 3.06. The number of nitrogens with two attached hydrogens (primary N) is 1. The standard InChI is InChI=1S/C15H16BrFN2/c1-10-6-7-11(17)8-12(10)15(9-18)19-14-5-3-2-4-13(14)16/h2-8,15,19H,9,18H2,1H3. The smallest absolute Gasteiger partial charge is 0.123 e. The molecule has 0 amide bonds. The van der Waals surface area contributed by atoms with Crippen LogP contribution in [0.4, 0.5) is 10.1 Å². The van der Waals surface area contributed by atoms with Crippen LogP contribution in [0.3, 0.4) is 0 Å². The molecule has 0 heterocycles. The van der Waals surface area contributed by atoms with Gasteiger partial charge in [0.2, 0.25) is 0 Å². The molecule has 2 aromatic carbocycles. The molecule has 0 saturated heterocycles. The van der Waals surface area contributed by atoms with Gasteiger partial charge in [-0.2, -0.15) is 0 Å². The van der Waals surface area contributed by atoms with E-state index >= 15 is 0 Å². The van der Waals surface area contributed by atoms with Gasteiger partial charge in [-0.25, -0.2) is 4.39 Å². The van der Waals surface area contributed by atoms with Gasteiger partial charge in [0, 0.05) is 16.7 Å². The van der Waals surface area contributed by atoms with Gasteiger partial charge in [-0.15, -0.1) is 0 Å². The van der Waals surface area contributed by atoms with E-state index in [1.165, 1.54) is 12.1 Å². The Hall–Kier alpha value is -1.39. The average molecular weight is 323 g/mol. The number of hydrogen-bond acceptors (Lipinski definition) is 2. The number of para-hydroxylation sites is 1. The molecule has 4 heteroatoms. The molecule has 2 nitrogen and oxygen atoms in total. The maximum atomic E-state index is 13.4. The molecule has 1 unspecified atom stereocenters. The summed E-state index contributed by atoms with van der Waals surface area (Å²) in [5.41, 5.74) is 8.68. The largest absolute Gasteiger partial charge is 0.376 e. The van der Waals surface area contributed by atoms with E-state index in [1.54, 1.807) is 6.07 Å². The zero-order valence-corrected chi connectivity index (χ0v) is 12.2. The van der Waals surface area contributed by atoms with Gasteiger partial charge in [0.05, 0.1) is 6.04 Å². The summed E-state index contributed by atoms with van der Waals surface area (Å²) in [7, 11) is 0. The van der Waals surface area contributed by atoms with Crippen LogP contribution in [0.25, 0.3) is 0 Å². The van der Waals surface area contributed by atoms with Crippen molar-refractivity contribution in [3.63, 3.8) is 0 Å². The topological polar surface area (TPSA) is 38.0 Å². The van der Waals surface area contributed by atoms with Gasteiger partial charge in [0.1, 0.15) is 5.82 Å². The molecular formula is C15H16BrFN2. The van der Waals surface area contributed by atoms with E-state index in [1.807, 2.05) is 31.2 Å². The molecule has 0 fully saturated rings. The van der Waals surface area contributed by atoms with Crippen molar-refractivity contribution in [2.45, 2.75) is 13.0 Å². The Morgan fingerprint density at radius 2 is 2.00 bits per heavy atom. The average Bonchev–Trinajstić information content (AvgIpc) is 2.41. The molecule has 0 aliphatic rings. The minimum absolute atomic E-state index is 0.116. The second-order valence-corrected chi connectivity index (χ2v) is 5.27. The van der Waals surface area contributed by atoms with Crippen molar-refractivity contribution in [3.05, 3.63) is 63.9 Å². The van der Waals surface area contributed by atoms with Crippen LogP contribution in [0, 0.1) is 12.7 Å². The first-order chi connectivity index (χ1) is 9.11. The van der Waals surface area contributed by atoms with Crippen LogP contribution in [-0.4, -0.2) is 6.54 Å². The minimum Gasteiger partial charge on any atom is -0.376 e. The van der Waals surface area contributed by atoms with Crippen LogP contribution < -0.4 is 11.1 Å². The van der Waals surface area contributed by atoms with Crippen molar-refractivity contribution in [2.75, 3.05) is 11.9 Å². The fraction of sp³-hybridized carbons (Fsp3) is 0.200. The Balaban J connectivity index is 2.30. The van der Waals surface area contributed by atoms with Crippen LogP contribution in [-0.2, 0) is 0 Å². The van der Waals surface area contributed by atoms with Crippen molar-refractivity contribution >= 4 is 21.6 Å². The summed E-state index contributed by atoms with van der Waals surface area (Å²) in [4.78, 5) is 0. The monoisotopic (exact) mass is 322 g/mol. The molecule has 0 radical (unpaired) electrons. The second kappa shape index (κ2) is 6.17. The van der Waals surface area contributed by atoms with E-state index in [4.69, 9.17) is 5.73 Å². The molecule has 19 heavy (non-hydrogen) atoms. The molecule has 0 aliphatic heterocycles. The zero-order chi connectivity index (χ0) is 13.8. The maximum absolute atomic E-state index is 13.4. The summed E-state index contributed by atoms with van der Waals surface area (Å²) in [6, 6.07) is 12.5. The van der Waals surface area contributed by atoms with E-state index < -0.39 is 0 Å². The lowest BCUT2D eigenvalue weighted by atomic mass is 10.0. The van der Waals surface area contributed by atoms with Crippen LogP contribution in [0.5, 0.6) is 0 Å². The molecule has 2 rings (SSSR count). The Morgan fingerprint density at radius 3 is 2.68 bits per heavy atom. The Bertz CT molecular complexity index is 572. The summed E-state index contributed by atoms with van der Waals surface area (Å²) in [5.74, 6) is -0.243. The van der Waals surface area contributed by atoms with Crippen molar-refractivity contribution in [1.29, 1.82) is 0 Å². The fourth-order valence-electron chi connectivity index (χ4n) is 2.02. The molecule has 0 spiro atoms. The summed E-state index contributed by atoms with van der Waals surface area (Å²) >= 11 is 3.48. The lowest BCUT2D eigenvalue weighted by Crippen LogP contribution is -2.21. The second-order valence-electron chi connectivity index (χ2n) is 4.41. The van der Waals surface area contributed by atoms with Crippen molar-refractivity contribution in [1.82, 2.24) is 0 Å². The first kappa shape index (κ1) is 14.0. The SMILES string of the molecule is Cc1ccc(F)cc1C(CN)Nc1ccccc1Br. The van der Waals surface area contributed by atoms with E-state index in [0.717, 1.165) is 21.3 Å². The maximum Gasteiger partial charge on any atom is 0.123 e. The normalized spacial score (nSPS) is 12.2. The summed E-state index contributed by atoms with van der Waals surface area (Å²) < 4.78 is 14.3. The summed E-state index contributed by atoms with van der Waals surface area (Å²) in [6.07, 6.45) is 0. The van der Waals surface area contributed by atoms with Crippen molar-refractivity contribution in [2.24, 2.45) is 5.73 Å². The highest BCUT2D eigenvalue weighted by Gasteiger charge is 2.14. The summed E-state index contributed by atoms with van der Waals surface area (Å²) in [6.45, 7) is 2.35. The minimum atomic E-state index is -0.243. The van der Waals surface area contributed by atoms with Gasteiger partial charge >= 0.3 is 0 Å². The van der Waals surface area contributed by atoms with Crippen LogP contribution >= 0.6 is 15.9 Å². The fourth-order valence-corrected chi connectivity index (χ4v) is 2.42. The van der Waals surface area contributed by atoms with Gasteiger partial charge in [-0.3, -0.25) is 0 Å². The third kappa shape index (κ3) is 3.33. The van der Waals surface area contributed by atoms with Gasteiger partial charge in [-0.05, 0) is 58.2 Å². The van der Waals surface area contributed by atoms with Gasteiger partial charge in [0.15, 0.2) is 0 Å². The zero-order valence-electron chi connectivity index (χ0n) is 10.7. The van der Waals surface area contributed by atoms with E-state index in [0.29, 0.717) is 6.54 Å². The number of rotatable bonds is 4. The molecule has 0 saturated carbocycles. The summed E-state index contributed by atoms with van der Waals surface area (Å²) in [5, 5.41) is 3.34. The molecule has 1 atom stereocenters. The van der Waals surface area contributed by atoms with Crippen LogP contribution in [0.2, 0.25) is 0 Å². The van der Waals surface area contributed by atoms with E-state index in [2.05, 4.69) is 21.2 Å². The van der Waals surface area contributed by atoms with E-state index in [9.17, 15) is 4.39 Å². The molecule has 0 aromatic heterocycles. The lowest BCUT2D eigenvalue weighted by Gasteiger charge is -2.21. The first-order valence-corrected chi connectivity index (χ1v) is 6.88. The molecule has 2 aromatic rings. The molecular weight excluding hydrogens is 307 g/mol. The Labute approximate surface area is 121 Å². The molecule has 0 aliphatic carbocycles. The van der Waals surface area contributed by atoms with Crippen LogP contribution in [0.15, 0.2) is 46.9 Å². The lowest BCUT2D eigenvalue weighted by molar-refractivity contribution is 0.621. The van der Waals surface area contributed by atoms with Crippen LogP contribution in [0.1, 0.15) is 17.2 Å². The van der Waals surface area contributed by atoms with Gasteiger partial charge in [0.25, 0.3) is 0 Å². The molecule has 100 valence electrons. The predicted octanol–water partition coefficient (Wildman–Crippen LogP) is 4.01. The van der Waals surface area contributed by atoms with Gasteiger partial charge < -0.3 is 11.1 Å². The number of halogens is 2. The van der Waals surface area contributed by atoms with E-state index in [-0.39, 0.29) is 11.9 Å². The highest BCUT2D eigenvalue weighted by atomic mass is 79.9. The number of anilines is 1.